The molecule has 0 aromatic heterocycles. The van der Waals surface area contributed by atoms with Crippen LogP contribution >= 0.6 is 0 Å². The molecule has 22 heavy (non-hydrogen) atoms. The van der Waals surface area contributed by atoms with E-state index in [2.05, 4.69) is 0 Å². The molecule has 0 aliphatic rings. The van der Waals surface area contributed by atoms with Gasteiger partial charge in [-0.15, -0.1) is 0 Å². The van der Waals surface area contributed by atoms with Crippen LogP contribution in [-0.2, 0) is 12.6 Å². The van der Waals surface area contributed by atoms with E-state index in [4.69, 9.17) is 0 Å². The van der Waals surface area contributed by atoms with Gasteiger partial charge in [0.25, 0.3) is 0 Å². The van der Waals surface area contributed by atoms with E-state index in [-0.39, 0.29) is 34.6 Å². The van der Waals surface area contributed by atoms with Crippen molar-refractivity contribution in [1.29, 1.82) is 0 Å². The van der Waals surface area contributed by atoms with Gasteiger partial charge in [0.15, 0.2) is 5.78 Å². The lowest BCUT2D eigenvalue weighted by Gasteiger charge is -2.10. The van der Waals surface area contributed by atoms with Gasteiger partial charge in [-0.05, 0) is 30.7 Å². The first-order valence-electron chi connectivity index (χ1n) is 6.41. The monoisotopic (exact) mass is 310 g/mol. The molecule has 2 N–H and O–H groups in total. The molecule has 0 aliphatic carbocycles. The first-order chi connectivity index (χ1) is 10.2. The number of carbonyl (C=O) groups excluding carboxylic acids is 1. The van der Waals surface area contributed by atoms with Gasteiger partial charge in [-0.2, -0.15) is 13.2 Å². The molecule has 0 unspecified atom stereocenters. The highest BCUT2D eigenvalue weighted by atomic mass is 19.4. The Labute approximate surface area is 124 Å². The summed E-state index contributed by atoms with van der Waals surface area (Å²) in [5.74, 6) is -1.05. The molecule has 0 atom stereocenters. The van der Waals surface area contributed by atoms with Crippen molar-refractivity contribution >= 4 is 5.78 Å². The highest BCUT2D eigenvalue weighted by Crippen LogP contribution is 2.32. The number of carbonyl (C=O) groups is 1. The van der Waals surface area contributed by atoms with Gasteiger partial charge in [0.2, 0.25) is 0 Å². The summed E-state index contributed by atoms with van der Waals surface area (Å²) in [6.45, 7) is 1.44. The topological polar surface area (TPSA) is 57.5 Å². The van der Waals surface area contributed by atoms with Crippen molar-refractivity contribution in [3.8, 4) is 11.5 Å². The number of alkyl halides is 3. The maximum Gasteiger partial charge on any atom is 0.416 e. The Bertz CT molecular complexity index is 721. The molecule has 0 saturated carbocycles. The Morgan fingerprint density at radius 1 is 1.14 bits per heavy atom. The Morgan fingerprint density at radius 3 is 2.45 bits per heavy atom. The number of rotatable bonds is 3. The van der Waals surface area contributed by atoms with Crippen molar-refractivity contribution in [2.75, 3.05) is 0 Å². The van der Waals surface area contributed by atoms with Crippen LogP contribution < -0.4 is 0 Å². The Hall–Kier alpha value is -2.50. The van der Waals surface area contributed by atoms with Crippen LogP contribution in [0.4, 0.5) is 13.2 Å². The number of ketones is 1. The number of Topliss-reactive ketones (excluding diaryl/α,β-unsaturated/α-hetero) is 1. The summed E-state index contributed by atoms with van der Waals surface area (Å²) in [4.78, 5) is 12.1. The SMILES string of the molecule is Cc1c(O)ccc(C(=O)Cc2cccc(C(F)(F)F)c2)c1O. The van der Waals surface area contributed by atoms with Crippen LogP contribution in [0.5, 0.6) is 11.5 Å². The molecule has 0 fully saturated rings. The van der Waals surface area contributed by atoms with Gasteiger partial charge in [-0.1, -0.05) is 18.2 Å². The van der Waals surface area contributed by atoms with Gasteiger partial charge < -0.3 is 10.2 Å². The van der Waals surface area contributed by atoms with Crippen LogP contribution in [0.3, 0.4) is 0 Å². The highest BCUT2D eigenvalue weighted by Gasteiger charge is 2.30. The van der Waals surface area contributed by atoms with E-state index in [1.807, 2.05) is 0 Å². The van der Waals surface area contributed by atoms with Crippen molar-refractivity contribution < 1.29 is 28.2 Å². The third-order valence-electron chi connectivity index (χ3n) is 3.32. The molecular formula is C16H13F3O3. The number of hydrogen-bond acceptors (Lipinski definition) is 3. The third kappa shape index (κ3) is 3.21. The Morgan fingerprint density at radius 2 is 1.82 bits per heavy atom. The average molecular weight is 310 g/mol. The number of phenolic OH excluding ortho intramolecular Hbond substituents is 2. The molecule has 0 heterocycles. The first-order valence-corrected chi connectivity index (χ1v) is 6.41. The van der Waals surface area contributed by atoms with Crippen molar-refractivity contribution in [3.05, 3.63) is 58.7 Å². The molecule has 2 aromatic rings. The Kier molecular flexibility index (Phi) is 4.12. The number of benzene rings is 2. The maximum atomic E-state index is 12.6. The van der Waals surface area contributed by atoms with Crippen LogP contribution in [0, 0.1) is 6.92 Å². The zero-order valence-electron chi connectivity index (χ0n) is 11.6. The van der Waals surface area contributed by atoms with Crippen molar-refractivity contribution in [2.45, 2.75) is 19.5 Å². The predicted molar refractivity (Wildman–Crippen MR) is 74.0 cm³/mol. The van der Waals surface area contributed by atoms with Gasteiger partial charge in [0.05, 0.1) is 11.1 Å². The quantitative estimate of drug-likeness (QED) is 0.847. The molecule has 0 amide bonds. The summed E-state index contributed by atoms with van der Waals surface area (Å²) >= 11 is 0. The lowest BCUT2D eigenvalue weighted by atomic mass is 9.98. The molecule has 0 bridgehead atoms. The fraction of sp³-hybridized carbons (Fsp3) is 0.188. The van der Waals surface area contributed by atoms with Crippen LogP contribution in [0.15, 0.2) is 36.4 Å². The smallest absolute Gasteiger partial charge is 0.416 e. The van der Waals surface area contributed by atoms with Crippen molar-refractivity contribution in [1.82, 2.24) is 0 Å². The summed E-state index contributed by atoms with van der Waals surface area (Å²) in [6, 6.07) is 6.98. The number of aromatic hydroxyl groups is 2. The Balaban J connectivity index is 2.28. The van der Waals surface area contributed by atoms with Gasteiger partial charge in [0, 0.05) is 12.0 Å². The largest absolute Gasteiger partial charge is 0.508 e. The molecule has 116 valence electrons. The van der Waals surface area contributed by atoms with E-state index >= 15 is 0 Å². The summed E-state index contributed by atoms with van der Waals surface area (Å²) in [5, 5.41) is 19.3. The normalized spacial score (nSPS) is 11.5. The second-order valence-electron chi connectivity index (χ2n) is 4.90. The summed E-state index contributed by atoms with van der Waals surface area (Å²) in [7, 11) is 0. The molecule has 3 nitrogen and oxygen atoms in total. The highest BCUT2D eigenvalue weighted by molar-refractivity contribution is 6.00. The second kappa shape index (κ2) is 5.71. The maximum absolute atomic E-state index is 12.6. The minimum Gasteiger partial charge on any atom is -0.508 e. The first kappa shape index (κ1) is 15.9. The van der Waals surface area contributed by atoms with Gasteiger partial charge in [-0.25, -0.2) is 0 Å². The zero-order chi connectivity index (χ0) is 16.5. The summed E-state index contributed by atoms with van der Waals surface area (Å²) < 4.78 is 37.9. The summed E-state index contributed by atoms with van der Waals surface area (Å²) in [5.41, 5.74) is -0.517. The van der Waals surface area contributed by atoms with E-state index in [0.29, 0.717) is 0 Å². The standard InChI is InChI=1S/C16H13F3O3/c1-9-13(20)6-5-12(15(9)22)14(21)8-10-3-2-4-11(7-10)16(17,18)19/h2-7,20,22H,8H2,1H3. The van der Waals surface area contributed by atoms with E-state index in [1.54, 1.807) is 0 Å². The predicted octanol–water partition coefficient (Wildman–Crippen LogP) is 3.85. The number of halogens is 3. The minimum atomic E-state index is -4.48. The van der Waals surface area contributed by atoms with Crippen LogP contribution in [0.25, 0.3) is 0 Å². The lowest BCUT2D eigenvalue weighted by molar-refractivity contribution is -0.137. The zero-order valence-corrected chi connectivity index (χ0v) is 11.6. The molecule has 0 saturated heterocycles. The number of phenols is 2. The van der Waals surface area contributed by atoms with Gasteiger partial charge in [-0.3, -0.25) is 4.79 Å². The number of hydrogen-bond donors (Lipinski definition) is 2. The van der Waals surface area contributed by atoms with Crippen molar-refractivity contribution in [2.24, 2.45) is 0 Å². The fourth-order valence-electron chi connectivity index (χ4n) is 2.05. The van der Waals surface area contributed by atoms with Crippen LogP contribution in [0.2, 0.25) is 0 Å². The average Bonchev–Trinajstić information content (AvgIpc) is 2.44. The van der Waals surface area contributed by atoms with Crippen LogP contribution in [-0.4, -0.2) is 16.0 Å². The van der Waals surface area contributed by atoms with E-state index in [9.17, 15) is 28.2 Å². The minimum absolute atomic E-state index is 0.0345. The molecular weight excluding hydrogens is 297 g/mol. The second-order valence-corrected chi connectivity index (χ2v) is 4.90. The lowest BCUT2D eigenvalue weighted by Crippen LogP contribution is -2.08. The molecule has 0 aliphatic heterocycles. The van der Waals surface area contributed by atoms with E-state index in [1.165, 1.54) is 31.2 Å². The molecule has 2 rings (SSSR count). The summed E-state index contributed by atoms with van der Waals surface area (Å²) in [6.07, 6.45) is -4.75. The fourth-order valence-corrected chi connectivity index (χ4v) is 2.05. The molecule has 0 spiro atoms. The van der Waals surface area contributed by atoms with Gasteiger partial charge in [0.1, 0.15) is 11.5 Å². The third-order valence-corrected chi connectivity index (χ3v) is 3.32. The van der Waals surface area contributed by atoms with Crippen molar-refractivity contribution in [3.63, 3.8) is 0 Å². The molecule has 2 aromatic carbocycles. The molecule has 6 heteroatoms. The molecule has 0 radical (unpaired) electrons. The van der Waals surface area contributed by atoms with Crippen LogP contribution in [0.1, 0.15) is 27.0 Å². The van der Waals surface area contributed by atoms with Gasteiger partial charge >= 0.3 is 6.18 Å². The van der Waals surface area contributed by atoms with E-state index < -0.39 is 17.5 Å². The van der Waals surface area contributed by atoms with E-state index in [0.717, 1.165) is 12.1 Å².